The van der Waals surface area contributed by atoms with Crippen LogP contribution in [-0.4, -0.2) is 17.9 Å². The number of nitrogens with two attached hydrogens (primary N) is 2. The van der Waals surface area contributed by atoms with Gasteiger partial charge in [-0.3, -0.25) is 9.69 Å². The molecule has 3 aromatic rings. The van der Waals surface area contributed by atoms with Crippen molar-refractivity contribution < 1.29 is 9.59 Å². The monoisotopic (exact) mass is 471 g/mol. The molecule has 0 bridgehead atoms. The van der Waals surface area contributed by atoms with Crippen LogP contribution in [0.1, 0.15) is 41.3 Å². The molecular formula is C26H29N7O2. The number of anilines is 3. The van der Waals surface area contributed by atoms with Gasteiger partial charge >= 0.3 is 6.03 Å². The van der Waals surface area contributed by atoms with Gasteiger partial charge in [0.25, 0.3) is 5.91 Å². The number of benzene rings is 3. The molecule has 9 nitrogen and oxygen atoms in total. The van der Waals surface area contributed by atoms with Gasteiger partial charge in [-0.25, -0.2) is 10.3 Å². The lowest BCUT2D eigenvalue weighted by atomic mass is 10.1. The van der Waals surface area contributed by atoms with Crippen LogP contribution < -0.4 is 21.7 Å². The zero-order chi connectivity index (χ0) is 25.2. The van der Waals surface area contributed by atoms with Crippen molar-refractivity contribution >= 4 is 35.0 Å². The van der Waals surface area contributed by atoms with Crippen LogP contribution >= 0.6 is 0 Å². The molecule has 0 atom stereocenters. The molecule has 3 aromatic carbocycles. The average molecular weight is 472 g/mol. The molecule has 9 heteroatoms. The number of nitrogen functional groups attached to an aromatic ring is 1. The third-order valence-electron chi connectivity index (χ3n) is 5.32. The van der Waals surface area contributed by atoms with E-state index in [-0.39, 0.29) is 12.6 Å². The minimum atomic E-state index is -0.594. The summed E-state index contributed by atoms with van der Waals surface area (Å²) in [6.07, 6.45) is 3.21. The highest BCUT2D eigenvalue weighted by molar-refractivity contribution is 6.03. The number of urea groups is 1. The molecule has 180 valence electrons. The molecule has 0 saturated heterocycles. The molecule has 0 fully saturated rings. The molecule has 0 aliphatic heterocycles. The van der Waals surface area contributed by atoms with Crippen molar-refractivity contribution in [3.63, 3.8) is 0 Å². The third-order valence-corrected chi connectivity index (χ3v) is 5.32. The fraction of sp³-hybridized carbons (Fsp3) is 0.192. The molecule has 35 heavy (non-hydrogen) atoms. The number of carbonyl (C=O) groups is 2. The first kappa shape index (κ1) is 25.1. The third kappa shape index (κ3) is 7.23. The van der Waals surface area contributed by atoms with Gasteiger partial charge in [-0.2, -0.15) is 4.99 Å². The van der Waals surface area contributed by atoms with Crippen LogP contribution in [-0.2, 0) is 13.0 Å². The number of aryl methyl sites for hydroxylation is 1. The molecule has 0 unspecified atom stereocenters. The Bertz CT molecular complexity index is 1210. The van der Waals surface area contributed by atoms with Gasteiger partial charge in [0.05, 0.1) is 6.54 Å². The second-order valence-electron chi connectivity index (χ2n) is 8.00. The van der Waals surface area contributed by atoms with Gasteiger partial charge in [0.2, 0.25) is 5.96 Å². The smallest absolute Gasteiger partial charge is 0.326 e. The number of nitrogens with zero attached hydrogens (tertiary/aromatic N) is 3. The van der Waals surface area contributed by atoms with Crippen molar-refractivity contribution in [2.45, 2.75) is 32.7 Å². The first-order valence-corrected chi connectivity index (χ1v) is 11.3. The zero-order valence-corrected chi connectivity index (χ0v) is 19.6. The standard InChI is InChI=1S/C26H29N7O2/c1-2-3-5-18-10-14-23(15-11-18)33(26(35)30-22-7-4-6-21(27)16-22)17-19-8-12-20(13-9-19)24(34)31-25(28)32-29/h4,6-16,29H,2-3,5,17,27H2,1H3,(H,30,35)(H2,28,31,34). The van der Waals surface area contributed by atoms with E-state index < -0.39 is 11.9 Å². The van der Waals surface area contributed by atoms with E-state index in [4.69, 9.17) is 17.0 Å². The van der Waals surface area contributed by atoms with Gasteiger partial charge in [-0.1, -0.05) is 43.7 Å². The van der Waals surface area contributed by atoms with Crippen LogP contribution in [0.25, 0.3) is 0 Å². The fourth-order valence-corrected chi connectivity index (χ4v) is 3.44. The van der Waals surface area contributed by atoms with Crippen molar-refractivity contribution in [3.05, 3.63) is 89.5 Å². The topological polar surface area (TPSA) is 150 Å². The highest BCUT2D eigenvalue weighted by Crippen LogP contribution is 2.22. The van der Waals surface area contributed by atoms with Crippen LogP contribution in [0.15, 0.2) is 82.9 Å². The van der Waals surface area contributed by atoms with Crippen molar-refractivity contribution in [3.8, 4) is 0 Å². The van der Waals surface area contributed by atoms with Crippen LogP contribution in [0.3, 0.4) is 0 Å². The minimum Gasteiger partial charge on any atom is -0.399 e. The van der Waals surface area contributed by atoms with Crippen LogP contribution in [0.2, 0.25) is 0 Å². The van der Waals surface area contributed by atoms with Crippen LogP contribution in [0.5, 0.6) is 0 Å². The molecule has 0 radical (unpaired) electrons. The summed E-state index contributed by atoms with van der Waals surface area (Å²) in [6, 6.07) is 21.3. The Labute approximate surface area is 204 Å². The van der Waals surface area contributed by atoms with E-state index in [2.05, 4.69) is 22.3 Å². The number of carbonyl (C=O) groups excluding carboxylic acids is 2. The van der Waals surface area contributed by atoms with Crippen molar-refractivity contribution in [1.82, 2.24) is 0 Å². The van der Waals surface area contributed by atoms with E-state index in [1.165, 1.54) is 5.56 Å². The van der Waals surface area contributed by atoms with E-state index in [1.54, 1.807) is 53.4 Å². The lowest BCUT2D eigenvalue weighted by Gasteiger charge is -2.24. The average Bonchev–Trinajstić information content (AvgIpc) is 2.86. The molecule has 0 aliphatic rings. The predicted octanol–water partition coefficient (Wildman–Crippen LogP) is 5.34. The largest absolute Gasteiger partial charge is 0.399 e. The van der Waals surface area contributed by atoms with Crippen LogP contribution in [0.4, 0.5) is 21.9 Å². The molecule has 3 amide bonds. The molecule has 0 aliphatic carbocycles. The number of guanidine groups is 1. The van der Waals surface area contributed by atoms with Gasteiger partial charge < -0.3 is 16.8 Å². The van der Waals surface area contributed by atoms with Gasteiger partial charge in [0, 0.05) is 22.6 Å². The number of nitrogens with one attached hydrogen (secondary N) is 2. The summed E-state index contributed by atoms with van der Waals surface area (Å²) < 4.78 is 0. The van der Waals surface area contributed by atoms with Gasteiger partial charge in [-0.15, -0.1) is 5.11 Å². The highest BCUT2D eigenvalue weighted by Gasteiger charge is 2.17. The second kappa shape index (κ2) is 12.1. The summed E-state index contributed by atoms with van der Waals surface area (Å²) >= 11 is 0. The number of aliphatic imine (C=N–C) groups is 1. The maximum Gasteiger partial charge on any atom is 0.326 e. The normalized spacial score (nSPS) is 11.1. The Hall–Kier alpha value is -4.53. The Morgan fingerprint density at radius 3 is 2.31 bits per heavy atom. The predicted molar refractivity (Wildman–Crippen MR) is 139 cm³/mol. The van der Waals surface area contributed by atoms with Crippen molar-refractivity contribution in [1.29, 1.82) is 5.53 Å². The fourth-order valence-electron chi connectivity index (χ4n) is 3.44. The Morgan fingerprint density at radius 2 is 1.69 bits per heavy atom. The maximum absolute atomic E-state index is 13.3. The molecule has 0 spiro atoms. The lowest BCUT2D eigenvalue weighted by molar-refractivity contribution is 0.100. The van der Waals surface area contributed by atoms with Gasteiger partial charge in [0.15, 0.2) is 0 Å². The van der Waals surface area contributed by atoms with Crippen LogP contribution in [0, 0.1) is 5.53 Å². The first-order chi connectivity index (χ1) is 16.9. The molecule has 3 rings (SSSR count). The van der Waals surface area contributed by atoms with E-state index in [0.717, 1.165) is 30.5 Å². The summed E-state index contributed by atoms with van der Waals surface area (Å²) in [5, 5.41) is 5.83. The number of hydrogen-bond acceptors (Lipinski definition) is 4. The van der Waals surface area contributed by atoms with Crippen molar-refractivity contribution in [2.75, 3.05) is 16.0 Å². The zero-order valence-electron chi connectivity index (χ0n) is 19.6. The molecule has 6 N–H and O–H groups in total. The molecule has 0 heterocycles. The SMILES string of the molecule is CCCCc1ccc(N(Cc2ccc(C(=O)N=C(N)N=N)cc2)C(=O)Nc2cccc(N)c2)cc1. The quantitative estimate of drug-likeness (QED) is 0.152. The number of rotatable bonds is 8. The summed E-state index contributed by atoms with van der Waals surface area (Å²) in [4.78, 5) is 30.6. The Morgan fingerprint density at radius 1 is 1.00 bits per heavy atom. The van der Waals surface area contributed by atoms with Gasteiger partial charge in [0.1, 0.15) is 0 Å². The van der Waals surface area contributed by atoms with E-state index >= 15 is 0 Å². The molecule has 0 aromatic heterocycles. The van der Waals surface area contributed by atoms with Gasteiger partial charge in [-0.05, 0) is 66.4 Å². The number of unbranched alkanes of at least 4 members (excludes halogenated alkanes) is 1. The Balaban J connectivity index is 1.84. The number of amides is 3. The van der Waals surface area contributed by atoms with E-state index in [9.17, 15) is 9.59 Å². The summed E-state index contributed by atoms with van der Waals surface area (Å²) in [5.41, 5.74) is 22.2. The Kier molecular flexibility index (Phi) is 8.66. The lowest BCUT2D eigenvalue weighted by Crippen LogP contribution is -2.34. The highest BCUT2D eigenvalue weighted by atomic mass is 16.2. The molecular weight excluding hydrogens is 442 g/mol. The van der Waals surface area contributed by atoms with E-state index in [0.29, 0.717) is 16.9 Å². The van der Waals surface area contributed by atoms with Crippen molar-refractivity contribution in [2.24, 2.45) is 15.8 Å². The number of hydrogen-bond donors (Lipinski definition) is 4. The minimum absolute atomic E-state index is 0.268. The summed E-state index contributed by atoms with van der Waals surface area (Å²) in [7, 11) is 0. The maximum atomic E-state index is 13.3. The summed E-state index contributed by atoms with van der Waals surface area (Å²) in [5.74, 6) is -1.00. The molecule has 0 saturated carbocycles. The second-order valence-corrected chi connectivity index (χ2v) is 8.00. The summed E-state index contributed by atoms with van der Waals surface area (Å²) in [6.45, 7) is 2.42. The first-order valence-electron chi connectivity index (χ1n) is 11.3. The van der Waals surface area contributed by atoms with E-state index in [1.807, 2.05) is 24.3 Å².